The van der Waals surface area contributed by atoms with E-state index in [1.165, 1.54) is 0 Å². The van der Waals surface area contributed by atoms with Crippen molar-refractivity contribution in [1.82, 2.24) is 5.32 Å². The summed E-state index contributed by atoms with van der Waals surface area (Å²) in [7, 11) is 0. The van der Waals surface area contributed by atoms with Crippen LogP contribution in [0.2, 0.25) is 0 Å². The Morgan fingerprint density at radius 1 is 1.33 bits per heavy atom. The molecule has 0 atom stereocenters. The highest BCUT2D eigenvalue weighted by molar-refractivity contribution is 5.95. The molecule has 3 rings (SSSR count). The number of hydrogen-bond donors (Lipinski definition) is 1. The maximum atomic E-state index is 12.5. The molecule has 21 heavy (non-hydrogen) atoms. The lowest BCUT2D eigenvalue weighted by molar-refractivity contribution is 0.0893. The zero-order valence-corrected chi connectivity index (χ0v) is 12.3. The Morgan fingerprint density at radius 2 is 2.05 bits per heavy atom. The van der Waals surface area contributed by atoms with Crippen molar-refractivity contribution in [3.05, 3.63) is 34.9 Å². The van der Waals surface area contributed by atoms with Crippen molar-refractivity contribution in [3.63, 3.8) is 0 Å². The third-order valence-corrected chi connectivity index (χ3v) is 4.68. The maximum Gasteiger partial charge on any atom is 0.252 e. The van der Waals surface area contributed by atoms with Crippen LogP contribution in [0.3, 0.4) is 0 Å². The van der Waals surface area contributed by atoms with E-state index in [2.05, 4.69) is 18.3 Å². The highest BCUT2D eigenvalue weighted by Gasteiger charge is 2.36. The van der Waals surface area contributed by atoms with Gasteiger partial charge in [0.2, 0.25) is 0 Å². The van der Waals surface area contributed by atoms with E-state index in [4.69, 9.17) is 4.74 Å². The topological polar surface area (TPSA) is 62.1 Å². The van der Waals surface area contributed by atoms with Gasteiger partial charge in [-0.1, -0.05) is 13.0 Å². The second kappa shape index (κ2) is 5.50. The van der Waals surface area contributed by atoms with Crippen molar-refractivity contribution < 1.29 is 9.53 Å². The molecule has 1 aromatic rings. The molecule has 1 N–H and O–H groups in total. The van der Waals surface area contributed by atoms with Gasteiger partial charge >= 0.3 is 0 Å². The van der Waals surface area contributed by atoms with Gasteiger partial charge in [-0.05, 0) is 54.9 Å². The molecule has 0 bridgehead atoms. The molecule has 0 saturated heterocycles. The fourth-order valence-electron chi connectivity index (χ4n) is 3.12. The van der Waals surface area contributed by atoms with Crippen LogP contribution in [0.15, 0.2) is 18.2 Å². The molecule has 1 saturated carbocycles. The predicted octanol–water partition coefficient (Wildman–Crippen LogP) is 2.92. The molecule has 1 aromatic carbocycles. The largest absolute Gasteiger partial charge is 0.372 e. The highest BCUT2D eigenvalue weighted by Crippen LogP contribution is 2.32. The van der Waals surface area contributed by atoms with Gasteiger partial charge in [-0.25, -0.2) is 0 Å². The number of nitrogens with zero attached hydrogens (tertiary/aromatic N) is 1. The highest BCUT2D eigenvalue weighted by atomic mass is 16.5. The summed E-state index contributed by atoms with van der Waals surface area (Å²) in [5.41, 5.74) is 2.14. The van der Waals surface area contributed by atoms with Crippen LogP contribution in [-0.4, -0.2) is 11.4 Å². The van der Waals surface area contributed by atoms with Crippen LogP contribution >= 0.6 is 0 Å². The lowest BCUT2D eigenvalue weighted by atomic mass is 9.78. The quantitative estimate of drug-likeness (QED) is 0.908. The van der Waals surface area contributed by atoms with Crippen LogP contribution in [0.1, 0.15) is 54.1 Å². The number of nitriles is 1. The molecular formula is C17H20N2O2. The molecule has 110 valence electrons. The molecule has 1 aliphatic carbocycles. The van der Waals surface area contributed by atoms with E-state index >= 15 is 0 Å². The van der Waals surface area contributed by atoms with Crippen LogP contribution < -0.4 is 5.32 Å². The number of fused-ring (bicyclic) bond motifs is 1. The lowest BCUT2D eigenvalue weighted by Gasteiger charge is -2.34. The predicted molar refractivity (Wildman–Crippen MR) is 78.4 cm³/mol. The maximum absolute atomic E-state index is 12.5. The van der Waals surface area contributed by atoms with Crippen molar-refractivity contribution in [1.29, 1.82) is 5.26 Å². The molecule has 2 aliphatic rings. The summed E-state index contributed by atoms with van der Waals surface area (Å²) in [4.78, 5) is 12.5. The van der Waals surface area contributed by atoms with Gasteiger partial charge in [-0.15, -0.1) is 0 Å². The average molecular weight is 284 g/mol. The van der Waals surface area contributed by atoms with Crippen molar-refractivity contribution in [2.45, 2.75) is 51.4 Å². The molecule has 0 unspecified atom stereocenters. The first-order chi connectivity index (χ1) is 10.1. The summed E-state index contributed by atoms with van der Waals surface area (Å²) in [6, 6.07) is 7.98. The monoisotopic (exact) mass is 284 g/mol. The number of nitrogens with one attached hydrogen (secondary N) is 1. The molecule has 1 aliphatic heterocycles. The van der Waals surface area contributed by atoms with Crippen molar-refractivity contribution >= 4 is 5.91 Å². The summed E-state index contributed by atoms with van der Waals surface area (Å²) in [6.07, 6.45) is 3.46. The van der Waals surface area contributed by atoms with Crippen LogP contribution in [0.4, 0.5) is 0 Å². The van der Waals surface area contributed by atoms with Gasteiger partial charge in [-0.3, -0.25) is 4.79 Å². The Bertz CT molecular complexity index is 595. The van der Waals surface area contributed by atoms with Gasteiger partial charge in [0, 0.05) is 5.56 Å². The average Bonchev–Trinajstić information content (AvgIpc) is 2.97. The molecule has 4 heteroatoms. The third-order valence-electron chi connectivity index (χ3n) is 4.68. The van der Waals surface area contributed by atoms with Gasteiger partial charge < -0.3 is 10.1 Å². The second-order valence-electron chi connectivity index (χ2n) is 6.31. The molecule has 0 radical (unpaired) electrons. The van der Waals surface area contributed by atoms with Crippen LogP contribution in [0.25, 0.3) is 0 Å². The van der Waals surface area contributed by atoms with E-state index < -0.39 is 5.54 Å². The minimum Gasteiger partial charge on any atom is -0.372 e. The summed E-state index contributed by atoms with van der Waals surface area (Å²) in [6.45, 7) is 3.39. The number of carbonyl (C=O) groups excluding carboxylic acids is 1. The molecule has 1 heterocycles. The van der Waals surface area contributed by atoms with Crippen LogP contribution in [0, 0.1) is 17.2 Å². The Hall–Kier alpha value is -1.86. The first-order valence-electron chi connectivity index (χ1n) is 7.55. The number of carbonyl (C=O) groups is 1. The van der Waals surface area contributed by atoms with E-state index in [9.17, 15) is 10.1 Å². The number of hydrogen-bond acceptors (Lipinski definition) is 3. The van der Waals surface area contributed by atoms with Gasteiger partial charge in [0.25, 0.3) is 5.91 Å². The van der Waals surface area contributed by atoms with Crippen LogP contribution in [-0.2, 0) is 18.0 Å². The normalized spacial score (nSPS) is 27.7. The first kappa shape index (κ1) is 14.1. The zero-order valence-electron chi connectivity index (χ0n) is 12.3. The summed E-state index contributed by atoms with van der Waals surface area (Å²) < 4.78 is 5.37. The van der Waals surface area contributed by atoms with E-state index in [0.29, 0.717) is 24.7 Å². The Balaban J connectivity index is 1.75. The van der Waals surface area contributed by atoms with E-state index in [1.807, 2.05) is 18.2 Å². The Labute approximate surface area is 125 Å². The van der Waals surface area contributed by atoms with Gasteiger partial charge in [-0.2, -0.15) is 5.26 Å². The number of ether oxygens (including phenoxy) is 1. The number of benzene rings is 1. The SMILES string of the molecule is CC1CCC(C#N)(NC(=O)c2ccc3c(c2)COC3)CC1. The summed E-state index contributed by atoms with van der Waals surface area (Å²) in [5.74, 6) is 0.487. The van der Waals surface area contributed by atoms with E-state index in [-0.39, 0.29) is 5.91 Å². The summed E-state index contributed by atoms with van der Waals surface area (Å²) in [5, 5.41) is 12.5. The molecule has 1 amide bonds. The van der Waals surface area contributed by atoms with E-state index in [0.717, 1.165) is 36.8 Å². The molecule has 0 spiro atoms. The Kier molecular flexibility index (Phi) is 3.69. The lowest BCUT2D eigenvalue weighted by Crippen LogP contribution is -2.49. The summed E-state index contributed by atoms with van der Waals surface area (Å²) >= 11 is 0. The second-order valence-corrected chi connectivity index (χ2v) is 6.31. The standard InChI is InChI=1S/C17H20N2O2/c1-12-4-6-17(11-18,7-5-12)19-16(20)13-2-3-14-9-21-10-15(14)8-13/h2-3,8,12H,4-7,9-10H2,1H3,(H,19,20). The zero-order chi connectivity index (χ0) is 14.9. The van der Waals surface area contributed by atoms with Gasteiger partial charge in [0.1, 0.15) is 5.54 Å². The molecule has 4 nitrogen and oxygen atoms in total. The fraction of sp³-hybridized carbons (Fsp3) is 0.529. The molecular weight excluding hydrogens is 264 g/mol. The van der Waals surface area contributed by atoms with Crippen molar-refractivity contribution in [2.24, 2.45) is 5.92 Å². The minimum absolute atomic E-state index is 0.152. The third kappa shape index (κ3) is 2.79. The van der Waals surface area contributed by atoms with Crippen LogP contribution in [0.5, 0.6) is 0 Å². The van der Waals surface area contributed by atoms with Gasteiger partial charge in [0.05, 0.1) is 19.3 Å². The smallest absolute Gasteiger partial charge is 0.252 e. The fourth-order valence-corrected chi connectivity index (χ4v) is 3.12. The molecule has 0 aromatic heterocycles. The minimum atomic E-state index is -0.695. The van der Waals surface area contributed by atoms with Gasteiger partial charge in [0.15, 0.2) is 0 Å². The molecule has 1 fully saturated rings. The van der Waals surface area contributed by atoms with Crippen molar-refractivity contribution in [3.8, 4) is 6.07 Å². The first-order valence-corrected chi connectivity index (χ1v) is 7.55. The number of rotatable bonds is 2. The van der Waals surface area contributed by atoms with Crippen molar-refractivity contribution in [2.75, 3.05) is 0 Å². The number of amides is 1. The van der Waals surface area contributed by atoms with E-state index in [1.54, 1.807) is 0 Å². The Morgan fingerprint density at radius 3 is 2.76 bits per heavy atom.